The first-order chi connectivity index (χ1) is 8.03. The molecule has 1 N–H and O–H groups in total. The molecule has 0 saturated carbocycles. The quantitative estimate of drug-likeness (QED) is 0.847. The van der Waals surface area contributed by atoms with Crippen molar-refractivity contribution in [1.82, 2.24) is 13.6 Å². The molecule has 0 atom stereocenters. The van der Waals surface area contributed by atoms with Gasteiger partial charge in [-0.15, -0.1) is 0 Å². The number of hydrogen-bond acceptors (Lipinski definition) is 5. The van der Waals surface area contributed by atoms with Gasteiger partial charge in [0.1, 0.15) is 0 Å². The van der Waals surface area contributed by atoms with Gasteiger partial charge in [0.2, 0.25) is 0 Å². The van der Waals surface area contributed by atoms with Crippen LogP contribution >= 0.6 is 11.7 Å². The highest BCUT2D eigenvalue weighted by Gasteiger charge is 2.38. The van der Waals surface area contributed by atoms with Gasteiger partial charge < -0.3 is 10.0 Å². The van der Waals surface area contributed by atoms with Gasteiger partial charge in [0.05, 0.1) is 23.3 Å². The van der Waals surface area contributed by atoms with E-state index in [1.807, 2.05) is 0 Å². The zero-order valence-corrected chi connectivity index (χ0v) is 10.2. The van der Waals surface area contributed by atoms with Gasteiger partial charge in [-0.25, -0.2) is 0 Å². The number of nitrogens with zero attached hydrogens (tertiary/aromatic N) is 3. The van der Waals surface area contributed by atoms with E-state index in [9.17, 15) is 9.59 Å². The Hall–Kier alpha value is -1.50. The van der Waals surface area contributed by atoms with Crippen LogP contribution in [0.1, 0.15) is 30.3 Å². The minimum absolute atomic E-state index is 0.161. The number of carboxylic acid groups (broad SMARTS) is 1. The summed E-state index contributed by atoms with van der Waals surface area (Å²) in [5.74, 6) is -0.953. The van der Waals surface area contributed by atoms with Crippen LogP contribution in [-0.2, 0) is 4.79 Å². The summed E-state index contributed by atoms with van der Waals surface area (Å²) in [7, 11) is 0. The summed E-state index contributed by atoms with van der Waals surface area (Å²) >= 11 is 0.995. The maximum absolute atomic E-state index is 11.9. The van der Waals surface area contributed by atoms with Crippen LogP contribution in [0.15, 0.2) is 6.20 Å². The summed E-state index contributed by atoms with van der Waals surface area (Å²) in [6.45, 7) is 2.64. The van der Waals surface area contributed by atoms with E-state index in [0.29, 0.717) is 31.6 Å². The minimum Gasteiger partial charge on any atom is -0.481 e. The number of carbonyl (C=O) groups excluding carboxylic acids is 1. The number of rotatable bonds is 2. The third-order valence-corrected chi connectivity index (χ3v) is 3.73. The van der Waals surface area contributed by atoms with E-state index in [1.165, 1.54) is 6.20 Å². The predicted molar refractivity (Wildman–Crippen MR) is 60.8 cm³/mol. The first-order valence-corrected chi connectivity index (χ1v) is 6.06. The highest BCUT2D eigenvalue weighted by molar-refractivity contribution is 6.99. The molecule has 0 radical (unpaired) electrons. The van der Waals surface area contributed by atoms with E-state index in [4.69, 9.17) is 5.11 Å². The lowest BCUT2D eigenvalue weighted by atomic mass is 9.80. The lowest BCUT2D eigenvalue weighted by molar-refractivity contribution is -0.150. The van der Waals surface area contributed by atoms with Crippen LogP contribution in [0.25, 0.3) is 0 Å². The number of likely N-dealkylation sites (tertiary alicyclic amines) is 1. The van der Waals surface area contributed by atoms with Crippen molar-refractivity contribution in [2.45, 2.75) is 19.8 Å². The fourth-order valence-corrected chi connectivity index (χ4v) is 2.25. The number of amides is 1. The Morgan fingerprint density at radius 2 is 2.12 bits per heavy atom. The van der Waals surface area contributed by atoms with Gasteiger partial charge in [-0.3, -0.25) is 9.59 Å². The van der Waals surface area contributed by atoms with E-state index in [1.54, 1.807) is 11.8 Å². The second kappa shape index (κ2) is 4.40. The van der Waals surface area contributed by atoms with E-state index in [2.05, 4.69) is 8.75 Å². The van der Waals surface area contributed by atoms with Gasteiger partial charge in [-0.1, -0.05) is 0 Å². The van der Waals surface area contributed by atoms with E-state index in [-0.39, 0.29) is 5.91 Å². The molecule has 17 heavy (non-hydrogen) atoms. The van der Waals surface area contributed by atoms with Gasteiger partial charge in [-0.05, 0) is 19.8 Å². The van der Waals surface area contributed by atoms with Crippen LogP contribution in [-0.4, -0.2) is 43.7 Å². The molecule has 0 spiro atoms. The standard InChI is InChI=1S/C10H13N3O3S/c1-10(9(15)16)2-4-13(5-3-10)8(14)7-6-11-17-12-7/h6H,2-5H2,1H3,(H,15,16). The van der Waals surface area contributed by atoms with E-state index >= 15 is 0 Å². The maximum atomic E-state index is 11.9. The molecule has 7 heteroatoms. The SMILES string of the molecule is CC1(C(=O)O)CCN(C(=O)c2cnsn2)CC1. The average Bonchev–Trinajstić information content (AvgIpc) is 2.82. The fraction of sp³-hybridized carbons (Fsp3) is 0.600. The minimum atomic E-state index is -0.792. The molecular formula is C10H13N3O3S. The molecule has 1 saturated heterocycles. The topological polar surface area (TPSA) is 83.4 Å². The zero-order valence-electron chi connectivity index (χ0n) is 9.42. The molecule has 1 aliphatic rings. The van der Waals surface area contributed by atoms with Crippen molar-refractivity contribution in [3.05, 3.63) is 11.9 Å². The second-order valence-corrected chi connectivity index (χ2v) is 5.01. The van der Waals surface area contributed by atoms with Crippen LogP contribution in [0.2, 0.25) is 0 Å². The Balaban J connectivity index is 2.00. The molecule has 6 nitrogen and oxygen atoms in total. The van der Waals surface area contributed by atoms with Gasteiger partial charge in [0.15, 0.2) is 5.69 Å². The number of aromatic nitrogens is 2. The summed E-state index contributed by atoms with van der Waals surface area (Å²) in [6.07, 6.45) is 2.40. The summed E-state index contributed by atoms with van der Waals surface area (Å²) < 4.78 is 7.67. The molecule has 0 aromatic carbocycles. The van der Waals surface area contributed by atoms with Crippen LogP contribution < -0.4 is 0 Å². The number of carboxylic acids is 1. The van der Waals surface area contributed by atoms with Crippen molar-refractivity contribution in [2.75, 3.05) is 13.1 Å². The molecule has 1 fully saturated rings. The fourth-order valence-electron chi connectivity index (χ4n) is 1.84. The van der Waals surface area contributed by atoms with Crippen LogP contribution in [0.3, 0.4) is 0 Å². The molecule has 1 aromatic heterocycles. The van der Waals surface area contributed by atoms with Crippen molar-refractivity contribution < 1.29 is 14.7 Å². The number of carbonyl (C=O) groups is 2. The van der Waals surface area contributed by atoms with Crippen LogP contribution in [0, 0.1) is 5.41 Å². The van der Waals surface area contributed by atoms with Crippen molar-refractivity contribution in [1.29, 1.82) is 0 Å². The summed E-state index contributed by atoms with van der Waals surface area (Å²) in [4.78, 5) is 24.6. The Bertz CT molecular complexity index is 424. The molecule has 0 unspecified atom stereocenters. The van der Waals surface area contributed by atoms with Crippen molar-refractivity contribution in [2.24, 2.45) is 5.41 Å². The molecule has 2 rings (SSSR count). The van der Waals surface area contributed by atoms with Crippen LogP contribution in [0.4, 0.5) is 0 Å². The van der Waals surface area contributed by atoms with Gasteiger partial charge >= 0.3 is 5.97 Å². The lowest BCUT2D eigenvalue weighted by Gasteiger charge is -2.36. The highest BCUT2D eigenvalue weighted by Crippen LogP contribution is 2.31. The first kappa shape index (κ1) is 12.0. The average molecular weight is 255 g/mol. The van der Waals surface area contributed by atoms with E-state index < -0.39 is 11.4 Å². The summed E-state index contributed by atoms with van der Waals surface area (Å²) in [6, 6.07) is 0. The van der Waals surface area contributed by atoms with Crippen molar-refractivity contribution >= 4 is 23.6 Å². The number of piperidine rings is 1. The lowest BCUT2D eigenvalue weighted by Crippen LogP contribution is -2.45. The maximum Gasteiger partial charge on any atom is 0.309 e. The predicted octanol–water partition coefficient (Wildman–Crippen LogP) is 0.865. The highest BCUT2D eigenvalue weighted by atomic mass is 32.1. The second-order valence-electron chi connectivity index (χ2n) is 4.45. The monoisotopic (exact) mass is 255 g/mol. The molecule has 0 aliphatic carbocycles. The van der Waals surface area contributed by atoms with Crippen LogP contribution in [0.5, 0.6) is 0 Å². The van der Waals surface area contributed by atoms with Crippen molar-refractivity contribution in [3.63, 3.8) is 0 Å². The van der Waals surface area contributed by atoms with Gasteiger partial charge in [0.25, 0.3) is 5.91 Å². The van der Waals surface area contributed by atoms with Gasteiger partial charge in [-0.2, -0.15) is 8.75 Å². The Labute approximate surface area is 103 Å². The largest absolute Gasteiger partial charge is 0.481 e. The third-order valence-electron chi connectivity index (χ3n) is 3.25. The molecule has 0 bridgehead atoms. The number of aliphatic carboxylic acids is 1. The number of hydrogen-bond donors (Lipinski definition) is 1. The first-order valence-electron chi connectivity index (χ1n) is 5.33. The molecular weight excluding hydrogens is 242 g/mol. The Morgan fingerprint density at radius 1 is 1.47 bits per heavy atom. The summed E-state index contributed by atoms with van der Waals surface area (Å²) in [5.41, 5.74) is -0.370. The zero-order chi connectivity index (χ0) is 12.5. The Morgan fingerprint density at radius 3 is 2.59 bits per heavy atom. The van der Waals surface area contributed by atoms with Gasteiger partial charge in [0, 0.05) is 13.1 Å². The van der Waals surface area contributed by atoms with E-state index in [0.717, 1.165) is 11.7 Å². The Kier molecular flexibility index (Phi) is 3.10. The smallest absolute Gasteiger partial charge is 0.309 e. The molecule has 2 heterocycles. The molecule has 92 valence electrons. The third kappa shape index (κ3) is 2.28. The van der Waals surface area contributed by atoms with Crippen molar-refractivity contribution in [3.8, 4) is 0 Å². The summed E-state index contributed by atoms with van der Waals surface area (Å²) in [5, 5.41) is 9.08. The molecule has 1 amide bonds. The molecule has 1 aromatic rings. The molecule has 1 aliphatic heterocycles. The normalized spacial score (nSPS) is 19.0.